The molecule has 3 rings (SSSR count). The van der Waals surface area contributed by atoms with Crippen LogP contribution in [0.15, 0.2) is 42.5 Å². The number of carbonyl (C=O) groups excluding carboxylic acids is 4. The van der Waals surface area contributed by atoms with E-state index in [4.69, 9.17) is 22.1 Å². The van der Waals surface area contributed by atoms with Gasteiger partial charge in [-0.25, -0.2) is 4.79 Å². The van der Waals surface area contributed by atoms with Gasteiger partial charge in [0.25, 0.3) is 5.91 Å². The summed E-state index contributed by atoms with van der Waals surface area (Å²) in [6.45, 7) is 10.7. The zero-order valence-electron chi connectivity index (χ0n) is 23.2. The highest BCUT2D eigenvalue weighted by Gasteiger charge is 2.48. The number of benzene rings is 2. The van der Waals surface area contributed by atoms with E-state index in [0.717, 1.165) is 11.1 Å². The third kappa shape index (κ3) is 7.72. The molecule has 210 valence electrons. The van der Waals surface area contributed by atoms with Crippen molar-refractivity contribution in [2.24, 2.45) is 11.7 Å². The van der Waals surface area contributed by atoms with E-state index in [1.807, 2.05) is 39.0 Å². The lowest BCUT2D eigenvalue weighted by Gasteiger charge is -2.35. The van der Waals surface area contributed by atoms with Crippen molar-refractivity contribution in [3.05, 3.63) is 64.2 Å². The highest BCUT2D eigenvalue weighted by Crippen LogP contribution is 2.42. The summed E-state index contributed by atoms with van der Waals surface area (Å²) < 4.78 is 5.33. The fraction of sp³-hybridized carbons (Fsp3) is 0.448. The number of hydrogen-bond donors (Lipinski definition) is 3. The first-order valence-corrected chi connectivity index (χ1v) is 13.3. The number of nitrogens with one attached hydrogen (secondary N) is 2. The number of rotatable bonds is 9. The Morgan fingerprint density at radius 1 is 1.08 bits per heavy atom. The molecule has 39 heavy (non-hydrogen) atoms. The number of aryl methyl sites for hydroxylation is 2. The van der Waals surface area contributed by atoms with E-state index in [2.05, 4.69) is 10.6 Å². The van der Waals surface area contributed by atoms with Crippen LogP contribution in [0.2, 0.25) is 5.02 Å². The predicted molar refractivity (Wildman–Crippen MR) is 150 cm³/mol. The highest BCUT2D eigenvalue weighted by molar-refractivity contribution is 6.34. The number of para-hydroxylation sites is 1. The molecule has 9 nitrogen and oxygen atoms in total. The summed E-state index contributed by atoms with van der Waals surface area (Å²) in [6, 6.07) is 9.87. The standard InChI is InChI=1S/C29H37ClN4O5/c1-16-10-7-8-12-19(16)25(26(36)33-24-17(2)11-9-13-20(24)30)34(22-14-18(22)3)27(37)21(15-23(31)35)32-28(38)39-29(4,5)6/h7-13,18,21-22,25H,14-15H2,1-6H3,(H2,31,35)(H,32,38)(H,33,36). The van der Waals surface area contributed by atoms with Crippen molar-refractivity contribution in [2.75, 3.05) is 5.32 Å². The average molecular weight is 557 g/mol. The zero-order chi connectivity index (χ0) is 29.1. The van der Waals surface area contributed by atoms with Gasteiger partial charge in [0, 0.05) is 6.04 Å². The Bertz CT molecular complexity index is 1240. The van der Waals surface area contributed by atoms with E-state index in [1.165, 1.54) is 4.90 Å². The Labute approximate surface area is 234 Å². The van der Waals surface area contributed by atoms with Crippen molar-refractivity contribution in [3.8, 4) is 0 Å². The van der Waals surface area contributed by atoms with Crippen molar-refractivity contribution in [3.63, 3.8) is 0 Å². The maximum atomic E-state index is 14.2. The van der Waals surface area contributed by atoms with Crippen molar-refractivity contribution < 1.29 is 23.9 Å². The van der Waals surface area contributed by atoms with Gasteiger partial charge in [-0.05, 0) is 69.7 Å². The second kappa shape index (κ2) is 12.1. The van der Waals surface area contributed by atoms with Gasteiger partial charge in [0.05, 0.1) is 17.1 Å². The SMILES string of the molecule is Cc1ccccc1C(C(=O)Nc1c(C)cccc1Cl)N(C(=O)C(CC(N)=O)NC(=O)OC(C)(C)C)C1CC1C. The minimum Gasteiger partial charge on any atom is -0.444 e. The van der Waals surface area contributed by atoms with Gasteiger partial charge in [-0.15, -0.1) is 0 Å². The molecule has 4 unspecified atom stereocenters. The number of carbonyl (C=O) groups is 4. The first kappa shape index (κ1) is 30.0. The summed E-state index contributed by atoms with van der Waals surface area (Å²) in [5.74, 6) is -1.75. The maximum absolute atomic E-state index is 14.2. The molecule has 0 saturated heterocycles. The molecule has 4 N–H and O–H groups in total. The van der Waals surface area contributed by atoms with Gasteiger partial charge in [-0.1, -0.05) is 54.9 Å². The molecule has 0 radical (unpaired) electrons. The largest absolute Gasteiger partial charge is 0.444 e. The smallest absolute Gasteiger partial charge is 0.408 e. The summed E-state index contributed by atoms with van der Waals surface area (Å²) in [5.41, 5.74) is 7.25. The van der Waals surface area contributed by atoms with Crippen LogP contribution in [-0.2, 0) is 19.1 Å². The first-order valence-electron chi connectivity index (χ1n) is 12.9. The Morgan fingerprint density at radius 3 is 2.23 bits per heavy atom. The monoisotopic (exact) mass is 556 g/mol. The van der Waals surface area contributed by atoms with E-state index >= 15 is 0 Å². The van der Waals surface area contributed by atoms with Crippen molar-refractivity contribution in [1.82, 2.24) is 10.2 Å². The number of ether oxygens (including phenoxy) is 1. The summed E-state index contributed by atoms with van der Waals surface area (Å²) in [6.07, 6.45) is -0.668. The van der Waals surface area contributed by atoms with Crippen molar-refractivity contribution >= 4 is 41.1 Å². The second-order valence-corrected chi connectivity index (χ2v) is 11.5. The van der Waals surface area contributed by atoms with Gasteiger partial charge < -0.3 is 26.0 Å². The molecular weight excluding hydrogens is 520 g/mol. The van der Waals surface area contributed by atoms with E-state index < -0.39 is 47.9 Å². The van der Waals surface area contributed by atoms with Crippen LogP contribution in [0, 0.1) is 19.8 Å². The molecule has 0 bridgehead atoms. The lowest BCUT2D eigenvalue weighted by atomic mass is 9.97. The summed E-state index contributed by atoms with van der Waals surface area (Å²) in [4.78, 5) is 54.3. The highest BCUT2D eigenvalue weighted by atomic mass is 35.5. The van der Waals surface area contributed by atoms with Crippen LogP contribution >= 0.6 is 11.6 Å². The number of hydrogen-bond acceptors (Lipinski definition) is 5. The molecule has 1 saturated carbocycles. The number of alkyl carbamates (subject to hydrolysis) is 1. The zero-order valence-corrected chi connectivity index (χ0v) is 24.0. The Morgan fingerprint density at radius 2 is 1.69 bits per heavy atom. The fourth-order valence-corrected chi connectivity index (χ4v) is 4.77. The van der Waals surface area contributed by atoms with Gasteiger partial charge in [0.1, 0.15) is 17.7 Å². The molecule has 4 amide bonds. The molecule has 2 aromatic carbocycles. The number of nitrogens with zero attached hydrogens (tertiary/aromatic N) is 1. The number of primary amides is 1. The van der Waals surface area contributed by atoms with Crippen LogP contribution < -0.4 is 16.4 Å². The lowest BCUT2D eigenvalue weighted by molar-refractivity contribution is -0.142. The number of anilines is 1. The summed E-state index contributed by atoms with van der Waals surface area (Å²) in [5, 5.41) is 5.79. The van der Waals surface area contributed by atoms with E-state index in [0.29, 0.717) is 22.7 Å². The first-order chi connectivity index (χ1) is 18.2. The predicted octanol–water partition coefficient (Wildman–Crippen LogP) is 4.64. The molecule has 0 heterocycles. The number of halogens is 1. The van der Waals surface area contributed by atoms with Crippen molar-refractivity contribution in [1.29, 1.82) is 0 Å². The minimum absolute atomic E-state index is 0.103. The Balaban J connectivity index is 2.07. The van der Waals surface area contributed by atoms with Gasteiger partial charge in [-0.2, -0.15) is 0 Å². The van der Waals surface area contributed by atoms with Crippen LogP contribution in [-0.4, -0.2) is 46.4 Å². The van der Waals surface area contributed by atoms with Crippen LogP contribution in [0.4, 0.5) is 10.5 Å². The molecule has 0 spiro atoms. The van der Waals surface area contributed by atoms with E-state index in [9.17, 15) is 19.2 Å². The average Bonchev–Trinajstić information content (AvgIpc) is 3.53. The molecule has 0 aromatic heterocycles. The Kier molecular flexibility index (Phi) is 9.27. The normalized spacial score (nSPS) is 17.9. The summed E-state index contributed by atoms with van der Waals surface area (Å²) in [7, 11) is 0. The van der Waals surface area contributed by atoms with Crippen LogP contribution in [0.3, 0.4) is 0 Å². The number of nitrogens with two attached hydrogens (primary N) is 1. The van der Waals surface area contributed by atoms with E-state index in [1.54, 1.807) is 45.0 Å². The van der Waals surface area contributed by atoms with Gasteiger partial charge in [0.2, 0.25) is 11.8 Å². The number of amides is 4. The Hall–Kier alpha value is -3.59. The maximum Gasteiger partial charge on any atom is 0.408 e. The summed E-state index contributed by atoms with van der Waals surface area (Å²) >= 11 is 6.41. The molecule has 1 aliphatic rings. The molecule has 1 fully saturated rings. The van der Waals surface area contributed by atoms with Crippen LogP contribution in [0.5, 0.6) is 0 Å². The quantitative estimate of drug-likeness (QED) is 0.414. The van der Waals surface area contributed by atoms with Gasteiger partial charge in [-0.3, -0.25) is 14.4 Å². The minimum atomic E-state index is -1.33. The topological polar surface area (TPSA) is 131 Å². The molecule has 0 aliphatic heterocycles. The van der Waals surface area contributed by atoms with Crippen LogP contribution in [0.1, 0.15) is 63.3 Å². The molecule has 2 aromatic rings. The molecule has 1 aliphatic carbocycles. The molecule has 4 atom stereocenters. The third-order valence-corrected chi connectivity index (χ3v) is 6.87. The lowest BCUT2D eigenvalue weighted by Crippen LogP contribution is -2.54. The van der Waals surface area contributed by atoms with Crippen molar-refractivity contribution in [2.45, 2.75) is 78.1 Å². The molecular formula is C29H37ClN4O5. The second-order valence-electron chi connectivity index (χ2n) is 11.1. The third-order valence-electron chi connectivity index (χ3n) is 6.55. The van der Waals surface area contributed by atoms with Gasteiger partial charge in [0.15, 0.2) is 0 Å². The fourth-order valence-electron chi connectivity index (χ4n) is 4.50. The van der Waals surface area contributed by atoms with Gasteiger partial charge >= 0.3 is 6.09 Å². The molecule has 10 heteroatoms. The van der Waals surface area contributed by atoms with E-state index in [-0.39, 0.29) is 12.0 Å². The van der Waals surface area contributed by atoms with Crippen LogP contribution in [0.25, 0.3) is 0 Å².